The van der Waals surface area contributed by atoms with E-state index in [4.69, 9.17) is 4.74 Å². The largest absolute Gasteiger partial charge is 0.467 e. The molecule has 4 atom stereocenters. The molecule has 5 nitrogen and oxygen atoms in total. The monoisotopic (exact) mass is 357 g/mol. The topological polar surface area (TPSA) is 72.5 Å². The highest BCUT2D eigenvalue weighted by Crippen LogP contribution is 2.69. The zero-order valence-electron chi connectivity index (χ0n) is 14.5. The first-order chi connectivity index (χ1) is 11.8. The third kappa shape index (κ3) is 3.55. The van der Waals surface area contributed by atoms with Crippen molar-refractivity contribution in [1.29, 1.82) is 0 Å². The number of nitrogens with one attached hydrogen (secondary N) is 1. The lowest BCUT2D eigenvalue weighted by Gasteiger charge is -2.25. The molecule has 3 rings (SSSR count). The molecule has 0 unspecified atom stereocenters. The molecule has 1 N–H and O–H groups in total. The Balaban J connectivity index is 1.59. The number of rotatable bonds is 5. The maximum absolute atomic E-state index is 13.5. The Hall–Kier alpha value is -1.53. The first kappa shape index (κ1) is 18.3. The lowest BCUT2D eigenvalue weighted by molar-refractivity contribution is -0.146. The Morgan fingerprint density at radius 1 is 1.32 bits per heavy atom. The van der Waals surface area contributed by atoms with Crippen LogP contribution >= 0.6 is 0 Å². The summed E-state index contributed by atoms with van der Waals surface area (Å²) in [5, 5.41) is 2.66. The van der Waals surface area contributed by atoms with Gasteiger partial charge in [0.25, 0.3) is 5.92 Å². The van der Waals surface area contributed by atoms with Crippen LogP contribution in [0.3, 0.4) is 0 Å². The molecule has 7 heteroatoms. The first-order valence-electron chi connectivity index (χ1n) is 9.07. The molecule has 3 fully saturated rings. The Morgan fingerprint density at radius 3 is 2.60 bits per heavy atom. The average Bonchev–Trinajstić information content (AvgIpc) is 2.91. The van der Waals surface area contributed by atoms with E-state index in [-0.39, 0.29) is 36.9 Å². The minimum absolute atomic E-state index is 0.117. The number of halogens is 2. The van der Waals surface area contributed by atoms with Crippen LogP contribution in [0.2, 0.25) is 0 Å². The van der Waals surface area contributed by atoms with Crippen molar-refractivity contribution in [2.45, 2.75) is 69.8 Å². The number of amides is 1. The minimum atomic E-state index is -2.65. The maximum Gasteiger partial charge on any atom is 0.328 e. The summed E-state index contributed by atoms with van der Waals surface area (Å²) in [5.41, 5.74) is -1.00. The van der Waals surface area contributed by atoms with Crippen molar-refractivity contribution >= 4 is 17.7 Å². The molecule has 0 aromatic carbocycles. The Labute approximate surface area is 145 Å². The number of alkyl halides is 2. The van der Waals surface area contributed by atoms with Gasteiger partial charge in [0.1, 0.15) is 11.8 Å². The third-order valence-corrected chi connectivity index (χ3v) is 6.19. The maximum atomic E-state index is 13.5. The van der Waals surface area contributed by atoms with Crippen LogP contribution in [0.4, 0.5) is 8.78 Å². The number of ketones is 1. The number of hydrogen-bond donors (Lipinski definition) is 1. The van der Waals surface area contributed by atoms with Gasteiger partial charge in [-0.1, -0.05) is 6.42 Å². The van der Waals surface area contributed by atoms with Gasteiger partial charge in [0, 0.05) is 30.1 Å². The van der Waals surface area contributed by atoms with Gasteiger partial charge in [0.05, 0.1) is 7.11 Å². The zero-order chi connectivity index (χ0) is 18.2. The highest BCUT2D eigenvalue weighted by Gasteiger charge is 2.72. The van der Waals surface area contributed by atoms with Crippen molar-refractivity contribution in [2.75, 3.05) is 7.11 Å². The second-order valence-corrected chi connectivity index (χ2v) is 7.83. The van der Waals surface area contributed by atoms with Crippen LogP contribution in [0.15, 0.2) is 0 Å². The summed E-state index contributed by atoms with van der Waals surface area (Å²) < 4.78 is 31.7. The van der Waals surface area contributed by atoms with Crippen molar-refractivity contribution in [1.82, 2.24) is 5.32 Å². The fraction of sp³-hybridized carbons (Fsp3) is 0.833. The van der Waals surface area contributed by atoms with Gasteiger partial charge >= 0.3 is 5.97 Å². The quantitative estimate of drug-likeness (QED) is 0.768. The van der Waals surface area contributed by atoms with E-state index in [9.17, 15) is 23.2 Å². The fourth-order valence-electron chi connectivity index (χ4n) is 4.46. The molecule has 0 radical (unpaired) electrons. The zero-order valence-corrected chi connectivity index (χ0v) is 14.5. The molecule has 3 saturated carbocycles. The van der Waals surface area contributed by atoms with Crippen LogP contribution in [0, 0.1) is 17.3 Å². The molecule has 140 valence electrons. The van der Waals surface area contributed by atoms with E-state index in [1.54, 1.807) is 0 Å². The highest BCUT2D eigenvalue weighted by molar-refractivity contribution is 5.87. The summed E-state index contributed by atoms with van der Waals surface area (Å²) in [4.78, 5) is 36.5. The van der Waals surface area contributed by atoms with E-state index in [1.165, 1.54) is 7.11 Å². The van der Waals surface area contributed by atoms with Crippen molar-refractivity contribution < 1.29 is 27.9 Å². The summed E-state index contributed by atoms with van der Waals surface area (Å²) in [5.74, 6) is -4.25. The number of esters is 1. The van der Waals surface area contributed by atoms with Crippen molar-refractivity contribution in [3.63, 3.8) is 0 Å². The number of Topliss-reactive ketones (excluding diaryl/α,β-unsaturated/α-hetero) is 1. The molecule has 0 aliphatic heterocycles. The standard InChI is InChI=1S/C18H25F2NO4/c1-25-16(24)13(8-11-4-2-3-5-14(11)22)21-15(23)12-6-7-17(9-12)10-18(17,19)20/h11-13H,2-10H2,1H3,(H,21,23)/t11-,12-,13-,17-/m0/s1. The summed E-state index contributed by atoms with van der Waals surface area (Å²) >= 11 is 0. The van der Waals surface area contributed by atoms with Crippen LogP contribution in [0.5, 0.6) is 0 Å². The molecule has 0 saturated heterocycles. The number of carbonyl (C=O) groups is 3. The molecule has 0 heterocycles. The molecular weight excluding hydrogens is 332 g/mol. The Kier molecular flexibility index (Phi) is 4.86. The molecule has 0 bridgehead atoms. The SMILES string of the molecule is COC(=O)[C@H](C[C@@H]1CCCCC1=O)NC(=O)[C@H]1CC[C@]2(C1)CC2(F)F. The van der Waals surface area contributed by atoms with Gasteiger partial charge in [0.15, 0.2) is 0 Å². The van der Waals surface area contributed by atoms with E-state index in [0.29, 0.717) is 25.7 Å². The molecule has 0 aromatic heterocycles. The highest BCUT2D eigenvalue weighted by atomic mass is 19.3. The van der Waals surface area contributed by atoms with E-state index >= 15 is 0 Å². The minimum Gasteiger partial charge on any atom is -0.467 e. The number of hydrogen-bond acceptors (Lipinski definition) is 4. The van der Waals surface area contributed by atoms with Gasteiger partial charge in [-0.15, -0.1) is 0 Å². The van der Waals surface area contributed by atoms with E-state index in [1.807, 2.05) is 0 Å². The van der Waals surface area contributed by atoms with Crippen molar-refractivity contribution in [3.05, 3.63) is 0 Å². The van der Waals surface area contributed by atoms with Gasteiger partial charge in [0.2, 0.25) is 5.91 Å². The van der Waals surface area contributed by atoms with E-state index in [0.717, 1.165) is 12.8 Å². The number of carbonyl (C=O) groups excluding carboxylic acids is 3. The average molecular weight is 357 g/mol. The molecule has 0 aromatic rings. The first-order valence-corrected chi connectivity index (χ1v) is 9.07. The summed E-state index contributed by atoms with van der Waals surface area (Å²) in [6.07, 6.45) is 4.03. The van der Waals surface area contributed by atoms with Gasteiger partial charge in [-0.3, -0.25) is 9.59 Å². The van der Waals surface area contributed by atoms with Gasteiger partial charge in [-0.2, -0.15) is 0 Å². The summed E-state index contributed by atoms with van der Waals surface area (Å²) in [6, 6.07) is -0.888. The lowest BCUT2D eigenvalue weighted by atomic mass is 9.83. The number of ether oxygens (including phenoxy) is 1. The molecule has 3 aliphatic rings. The molecular formula is C18H25F2NO4. The third-order valence-electron chi connectivity index (χ3n) is 6.19. The Morgan fingerprint density at radius 2 is 2.04 bits per heavy atom. The second-order valence-electron chi connectivity index (χ2n) is 7.83. The summed E-state index contributed by atoms with van der Waals surface area (Å²) in [7, 11) is 1.24. The van der Waals surface area contributed by atoms with Gasteiger partial charge < -0.3 is 10.1 Å². The summed E-state index contributed by atoms with van der Waals surface area (Å²) in [6.45, 7) is 0. The van der Waals surface area contributed by atoms with Gasteiger partial charge in [-0.05, 0) is 38.5 Å². The van der Waals surface area contributed by atoms with Crippen LogP contribution < -0.4 is 5.32 Å². The van der Waals surface area contributed by atoms with Gasteiger partial charge in [-0.25, -0.2) is 13.6 Å². The van der Waals surface area contributed by atoms with Crippen LogP contribution in [0.1, 0.15) is 57.8 Å². The smallest absolute Gasteiger partial charge is 0.328 e. The van der Waals surface area contributed by atoms with Crippen LogP contribution in [-0.2, 0) is 19.1 Å². The Bertz CT molecular complexity index is 579. The fourth-order valence-corrected chi connectivity index (χ4v) is 4.46. The number of methoxy groups -OCH3 is 1. The normalized spacial score (nSPS) is 34.6. The predicted molar refractivity (Wildman–Crippen MR) is 84.9 cm³/mol. The van der Waals surface area contributed by atoms with E-state index in [2.05, 4.69) is 5.32 Å². The van der Waals surface area contributed by atoms with Crippen LogP contribution in [0.25, 0.3) is 0 Å². The molecule has 1 amide bonds. The van der Waals surface area contributed by atoms with Crippen molar-refractivity contribution in [3.8, 4) is 0 Å². The van der Waals surface area contributed by atoms with E-state index < -0.39 is 29.3 Å². The lowest BCUT2D eigenvalue weighted by Crippen LogP contribution is -2.46. The molecule has 25 heavy (non-hydrogen) atoms. The molecule has 1 spiro atoms. The molecule has 3 aliphatic carbocycles. The predicted octanol–water partition coefficient (Wildman–Crippen LogP) is 2.62. The van der Waals surface area contributed by atoms with Crippen LogP contribution in [-0.4, -0.2) is 36.7 Å². The van der Waals surface area contributed by atoms with Crippen molar-refractivity contribution in [2.24, 2.45) is 17.3 Å². The second kappa shape index (κ2) is 6.65.